The van der Waals surface area contributed by atoms with Gasteiger partial charge in [0.25, 0.3) is 0 Å². The number of aromatic hydroxyl groups is 1. The normalized spacial score (nSPS) is 10.2. The first kappa shape index (κ1) is 14.0. The molecular weight excluding hydrogens is 280 g/mol. The SMILES string of the molecule is Cc1nc(CC(=O)Nc2ccc(C(=O)O)c(O)c2)cs1. The molecule has 0 aliphatic heterocycles. The first-order chi connectivity index (χ1) is 9.45. The van der Waals surface area contributed by atoms with Gasteiger partial charge in [-0.15, -0.1) is 11.3 Å². The maximum Gasteiger partial charge on any atom is 0.339 e. The van der Waals surface area contributed by atoms with Crippen molar-refractivity contribution >= 4 is 28.9 Å². The molecule has 0 aliphatic carbocycles. The molecular formula is C13H12N2O4S. The lowest BCUT2D eigenvalue weighted by Gasteiger charge is -2.06. The Kier molecular flexibility index (Phi) is 3.99. The topological polar surface area (TPSA) is 99.5 Å². The number of aromatic carboxylic acids is 1. The highest BCUT2D eigenvalue weighted by Crippen LogP contribution is 2.22. The molecule has 104 valence electrons. The van der Waals surface area contributed by atoms with Gasteiger partial charge in [0.1, 0.15) is 11.3 Å². The molecule has 0 aliphatic rings. The fourth-order valence-electron chi connectivity index (χ4n) is 1.65. The number of benzene rings is 1. The molecule has 7 heteroatoms. The van der Waals surface area contributed by atoms with Crippen molar-refractivity contribution in [1.82, 2.24) is 4.98 Å². The van der Waals surface area contributed by atoms with E-state index in [1.54, 1.807) is 5.38 Å². The van der Waals surface area contributed by atoms with Gasteiger partial charge in [-0.3, -0.25) is 4.79 Å². The minimum absolute atomic E-state index is 0.131. The molecule has 3 N–H and O–H groups in total. The number of nitrogens with one attached hydrogen (secondary N) is 1. The summed E-state index contributed by atoms with van der Waals surface area (Å²) < 4.78 is 0. The number of aryl methyl sites for hydroxylation is 1. The summed E-state index contributed by atoms with van der Waals surface area (Å²) in [7, 11) is 0. The van der Waals surface area contributed by atoms with Crippen molar-refractivity contribution in [3.05, 3.63) is 39.8 Å². The van der Waals surface area contributed by atoms with Gasteiger partial charge < -0.3 is 15.5 Å². The number of hydrogen-bond donors (Lipinski definition) is 3. The molecule has 1 aromatic carbocycles. The first-order valence-corrected chi connectivity index (χ1v) is 6.61. The highest BCUT2D eigenvalue weighted by molar-refractivity contribution is 7.09. The van der Waals surface area contributed by atoms with Crippen LogP contribution < -0.4 is 5.32 Å². The van der Waals surface area contributed by atoms with Crippen molar-refractivity contribution < 1.29 is 19.8 Å². The Labute approximate surface area is 118 Å². The molecule has 0 saturated heterocycles. The molecule has 1 amide bonds. The number of carbonyl (C=O) groups excluding carboxylic acids is 1. The number of thiazole rings is 1. The van der Waals surface area contributed by atoms with E-state index >= 15 is 0 Å². The van der Waals surface area contributed by atoms with E-state index in [0.29, 0.717) is 11.4 Å². The van der Waals surface area contributed by atoms with E-state index in [1.807, 2.05) is 6.92 Å². The van der Waals surface area contributed by atoms with E-state index in [4.69, 9.17) is 5.11 Å². The van der Waals surface area contributed by atoms with E-state index in [1.165, 1.54) is 29.5 Å². The number of amides is 1. The average molecular weight is 292 g/mol. The first-order valence-electron chi connectivity index (χ1n) is 5.73. The van der Waals surface area contributed by atoms with Gasteiger partial charge in [0.15, 0.2) is 0 Å². The Hall–Kier alpha value is -2.41. The minimum Gasteiger partial charge on any atom is -0.507 e. The summed E-state index contributed by atoms with van der Waals surface area (Å²) in [5.74, 6) is -1.89. The van der Waals surface area contributed by atoms with Crippen molar-refractivity contribution in [1.29, 1.82) is 0 Å². The van der Waals surface area contributed by atoms with Gasteiger partial charge in [-0.25, -0.2) is 9.78 Å². The summed E-state index contributed by atoms with van der Waals surface area (Å²) in [5, 5.41) is 23.6. The minimum atomic E-state index is -1.22. The Bertz CT molecular complexity index is 666. The van der Waals surface area contributed by atoms with E-state index in [0.717, 1.165) is 5.01 Å². The van der Waals surface area contributed by atoms with Crippen LogP contribution in [0.25, 0.3) is 0 Å². The maximum atomic E-state index is 11.8. The summed E-state index contributed by atoms with van der Waals surface area (Å²) >= 11 is 1.46. The summed E-state index contributed by atoms with van der Waals surface area (Å²) in [6.45, 7) is 1.86. The molecule has 6 nitrogen and oxygen atoms in total. The smallest absolute Gasteiger partial charge is 0.339 e. The summed E-state index contributed by atoms with van der Waals surface area (Å²) in [5.41, 5.74) is 0.805. The lowest BCUT2D eigenvalue weighted by molar-refractivity contribution is -0.115. The van der Waals surface area contributed by atoms with Crippen LogP contribution in [0.2, 0.25) is 0 Å². The van der Waals surface area contributed by atoms with Crippen molar-refractivity contribution in [2.75, 3.05) is 5.32 Å². The van der Waals surface area contributed by atoms with Gasteiger partial charge in [-0.2, -0.15) is 0 Å². The number of hydrogen-bond acceptors (Lipinski definition) is 5. The van der Waals surface area contributed by atoms with Gasteiger partial charge >= 0.3 is 5.97 Å². The molecule has 0 fully saturated rings. The Morgan fingerprint density at radius 3 is 2.70 bits per heavy atom. The predicted octanol–water partition coefficient (Wildman–Crippen LogP) is 2.04. The fraction of sp³-hybridized carbons (Fsp3) is 0.154. The van der Waals surface area contributed by atoms with Crippen molar-refractivity contribution in [3.63, 3.8) is 0 Å². The second kappa shape index (κ2) is 5.70. The number of carboxylic acid groups (broad SMARTS) is 1. The molecule has 1 aromatic heterocycles. The van der Waals surface area contributed by atoms with Crippen LogP contribution >= 0.6 is 11.3 Å². The standard InChI is InChI=1S/C13H12N2O4S/c1-7-14-9(6-20-7)5-12(17)15-8-2-3-10(13(18)19)11(16)4-8/h2-4,6,16H,5H2,1H3,(H,15,17)(H,18,19). The van der Waals surface area contributed by atoms with Crippen LogP contribution in [0.3, 0.4) is 0 Å². The van der Waals surface area contributed by atoms with E-state index in [9.17, 15) is 14.7 Å². The maximum absolute atomic E-state index is 11.8. The number of nitrogens with zero attached hydrogens (tertiary/aromatic N) is 1. The van der Waals surface area contributed by atoms with Gasteiger partial charge in [0.2, 0.25) is 5.91 Å². The Morgan fingerprint density at radius 2 is 2.15 bits per heavy atom. The molecule has 0 spiro atoms. The lowest BCUT2D eigenvalue weighted by Crippen LogP contribution is -2.14. The van der Waals surface area contributed by atoms with E-state index in [2.05, 4.69) is 10.3 Å². The number of carboxylic acids is 1. The zero-order chi connectivity index (χ0) is 14.7. The van der Waals surface area contributed by atoms with Crippen molar-refractivity contribution in [2.24, 2.45) is 0 Å². The third kappa shape index (κ3) is 3.33. The highest BCUT2D eigenvalue weighted by Gasteiger charge is 2.11. The molecule has 0 bridgehead atoms. The number of carbonyl (C=O) groups is 2. The molecule has 0 atom stereocenters. The van der Waals surface area contributed by atoms with E-state index in [-0.39, 0.29) is 23.6 Å². The zero-order valence-electron chi connectivity index (χ0n) is 10.6. The molecule has 0 saturated carbocycles. The summed E-state index contributed by atoms with van der Waals surface area (Å²) in [6.07, 6.45) is 0.131. The van der Waals surface area contributed by atoms with Crippen LogP contribution in [0.4, 0.5) is 5.69 Å². The Morgan fingerprint density at radius 1 is 1.40 bits per heavy atom. The number of aromatic nitrogens is 1. The quantitative estimate of drug-likeness (QED) is 0.800. The van der Waals surface area contributed by atoms with Gasteiger partial charge in [0.05, 0.1) is 17.1 Å². The Balaban J connectivity index is 2.04. The van der Waals surface area contributed by atoms with Crippen LogP contribution in [0.5, 0.6) is 5.75 Å². The number of anilines is 1. The van der Waals surface area contributed by atoms with Gasteiger partial charge in [0, 0.05) is 17.1 Å². The third-order valence-electron chi connectivity index (χ3n) is 2.52. The second-order valence-corrected chi connectivity index (χ2v) is 5.18. The average Bonchev–Trinajstić information content (AvgIpc) is 2.74. The fourth-order valence-corrected chi connectivity index (χ4v) is 2.26. The van der Waals surface area contributed by atoms with Crippen LogP contribution in [-0.4, -0.2) is 27.1 Å². The summed E-state index contributed by atoms with van der Waals surface area (Å²) in [6, 6.07) is 3.86. The third-order valence-corrected chi connectivity index (χ3v) is 3.34. The van der Waals surface area contributed by atoms with Crippen molar-refractivity contribution in [3.8, 4) is 5.75 Å². The second-order valence-electron chi connectivity index (χ2n) is 4.12. The highest BCUT2D eigenvalue weighted by atomic mass is 32.1. The zero-order valence-corrected chi connectivity index (χ0v) is 11.4. The largest absolute Gasteiger partial charge is 0.507 e. The number of rotatable bonds is 4. The molecule has 0 radical (unpaired) electrons. The number of phenols is 1. The van der Waals surface area contributed by atoms with E-state index < -0.39 is 5.97 Å². The molecule has 2 rings (SSSR count). The lowest BCUT2D eigenvalue weighted by atomic mass is 10.2. The van der Waals surface area contributed by atoms with Gasteiger partial charge in [-0.05, 0) is 19.1 Å². The van der Waals surface area contributed by atoms with Crippen LogP contribution in [-0.2, 0) is 11.2 Å². The molecule has 0 unspecified atom stereocenters. The molecule has 2 aromatic rings. The molecule has 20 heavy (non-hydrogen) atoms. The van der Waals surface area contributed by atoms with Crippen LogP contribution in [0.15, 0.2) is 23.6 Å². The molecule has 1 heterocycles. The van der Waals surface area contributed by atoms with Crippen LogP contribution in [0.1, 0.15) is 21.1 Å². The summed E-state index contributed by atoms with van der Waals surface area (Å²) in [4.78, 5) is 26.7. The van der Waals surface area contributed by atoms with Crippen molar-refractivity contribution in [2.45, 2.75) is 13.3 Å². The van der Waals surface area contributed by atoms with Gasteiger partial charge in [-0.1, -0.05) is 0 Å². The van der Waals surface area contributed by atoms with Crippen LogP contribution in [0, 0.1) is 6.92 Å². The predicted molar refractivity (Wildman–Crippen MR) is 74.3 cm³/mol. The monoisotopic (exact) mass is 292 g/mol.